The van der Waals surface area contributed by atoms with Gasteiger partial charge in [-0.2, -0.15) is 0 Å². The van der Waals surface area contributed by atoms with Crippen molar-refractivity contribution in [3.05, 3.63) is 23.8 Å². The zero-order chi connectivity index (χ0) is 22.1. The van der Waals surface area contributed by atoms with Gasteiger partial charge in [0.1, 0.15) is 11.5 Å². The molecule has 31 heavy (non-hydrogen) atoms. The lowest BCUT2D eigenvalue weighted by molar-refractivity contribution is 0.0320. The molecule has 0 amide bonds. The molecule has 8 nitrogen and oxygen atoms in total. The Labute approximate surface area is 186 Å². The molecule has 0 bridgehead atoms. The minimum atomic E-state index is 0.397. The van der Waals surface area contributed by atoms with Crippen LogP contribution in [0, 0.1) is 5.92 Å². The number of ether oxygens (including phenoxy) is 3. The second-order valence-electron chi connectivity index (χ2n) is 8.56. The fraction of sp³-hybridized carbons (Fsp3) is 0.696. The Morgan fingerprint density at radius 2 is 1.84 bits per heavy atom. The summed E-state index contributed by atoms with van der Waals surface area (Å²) in [6.07, 6.45) is 1.10. The Kier molecular flexibility index (Phi) is 9.24. The molecule has 2 aliphatic heterocycles. The van der Waals surface area contributed by atoms with Crippen LogP contribution in [-0.2, 0) is 11.3 Å². The van der Waals surface area contributed by atoms with Crippen molar-refractivity contribution in [1.82, 2.24) is 20.4 Å². The number of benzene rings is 1. The minimum absolute atomic E-state index is 0.397. The molecule has 1 aromatic carbocycles. The topological polar surface area (TPSA) is 70.6 Å². The number of rotatable bonds is 9. The number of guanidine groups is 1. The maximum absolute atomic E-state index is 5.44. The number of hydrogen-bond acceptors (Lipinski definition) is 6. The van der Waals surface area contributed by atoms with Crippen LogP contribution in [0.3, 0.4) is 0 Å². The van der Waals surface area contributed by atoms with Crippen LogP contribution in [0.5, 0.6) is 11.5 Å². The van der Waals surface area contributed by atoms with Gasteiger partial charge in [-0.25, -0.2) is 0 Å². The van der Waals surface area contributed by atoms with Crippen molar-refractivity contribution >= 4 is 5.96 Å². The Hall–Kier alpha value is -2.03. The van der Waals surface area contributed by atoms with Gasteiger partial charge < -0.3 is 24.8 Å². The molecule has 0 spiro atoms. The van der Waals surface area contributed by atoms with Gasteiger partial charge in [0.25, 0.3) is 0 Å². The standard InChI is InChI=1S/C23H39N5O3/c1-18(15-27-7-9-31-10-8-27)14-25-23(24-2)26-20-5-6-28(17-20)16-19-11-21(29-3)13-22(12-19)30-4/h11-13,18,20H,5-10,14-17H2,1-4H3,(H2,24,25,26). The number of methoxy groups -OCH3 is 2. The number of nitrogens with one attached hydrogen (secondary N) is 2. The minimum Gasteiger partial charge on any atom is -0.497 e. The molecular formula is C23H39N5O3. The third-order valence-corrected chi connectivity index (χ3v) is 5.95. The summed E-state index contributed by atoms with van der Waals surface area (Å²) in [6.45, 7) is 11.0. The average molecular weight is 434 g/mol. The number of nitrogens with zero attached hydrogens (tertiary/aromatic N) is 3. The molecule has 2 atom stereocenters. The molecule has 2 heterocycles. The summed E-state index contributed by atoms with van der Waals surface area (Å²) >= 11 is 0. The van der Waals surface area contributed by atoms with Crippen LogP contribution in [-0.4, -0.2) is 95.6 Å². The van der Waals surface area contributed by atoms with E-state index in [2.05, 4.69) is 44.5 Å². The van der Waals surface area contributed by atoms with E-state index in [9.17, 15) is 0 Å². The SMILES string of the molecule is CN=C(NCC(C)CN1CCOCC1)NC1CCN(Cc2cc(OC)cc(OC)c2)C1. The lowest BCUT2D eigenvalue weighted by Crippen LogP contribution is -2.47. The zero-order valence-electron chi connectivity index (χ0n) is 19.5. The fourth-order valence-electron chi connectivity index (χ4n) is 4.26. The van der Waals surface area contributed by atoms with Gasteiger partial charge >= 0.3 is 0 Å². The van der Waals surface area contributed by atoms with Crippen LogP contribution < -0.4 is 20.1 Å². The largest absolute Gasteiger partial charge is 0.497 e. The Bertz CT molecular complexity index is 686. The van der Waals surface area contributed by atoms with Gasteiger partial charge in [0.15, 0.2) is 5.96 Å². The van der Waals surface area contributed by atoms with Gasteiger partial charge in [-0.3, -0.25) is 14.8 Å². The van der Waals surface area contributed by atoms with Gasteiger partial charge in [0.2, 0.25) is 0 Å². The summed E-state index contributed by atoms with van der Waals surface area (Å²) in [7, 11) is 5.22. The van der Waals surface area contributed by atoms with Crippen LogP contribution in [0.1, 0.15) is 18.9 Å². The molecule has 2 fully saturated rings. The van der Waals surface area contributed by atoms with Crippen LogP contribution >= 0.6 is 0 Å². The Balaban J connectivity index is 1.42. The molecule has 1 aromatic rings. The summed E-state index contributed by atoms with van der Waals surface area (Å²) in [5, 5.41) is 7.11. The van der Waals surface area contributed by atoms with Crippen LogP contribution in [0.4, 0.5) is 0 Å². The first kappa shape index (κ1) is 23.6. The summed E-state index contributed by atoms with van der Waals surface area (Å²) in [4.78, 5) is 9.37. The Morgan fingerprint density at radius 3 is 2.48 bits per heavy atom. The van der Waals surface area contributed by atoms with Gasteiger partial charge in [-0.1, -0.05) is 6.92 Å². The lowest BCUT2D eigenvalue weighted by Gasteiger charge is -2.29. The lowest BCUT2D eigenvalue weighted by atomic mass is 10.1. The first-order valence-electron chi connectivity index (χ1n) is 11.3. The highest BCUT2D eigenvalue weighted by Crippen LogP contribution is 2.24. The fourth-order valence-corrected chi connectivity index (χ4v) is 4.26. The number of morpholine rings is 1. The summed E-state index contributed by atoms with van der Waals surface area (Å²) in [5.41, 5.74) is 1.20. The van der Waals surface area contributed by atoms with Crippen LogP contribution in [0.25, 0.3) is 0 Å². The molecule has 0 aliphatic carbocycles. The van der Waals surface area contributed by atoms with Crippen molar-refractivity contribution in [2.24, 2.45) is 10.9 Å². The van der Waals surface area contributed by atoms with E-state index < -0.39 is 0 Å². The van der Waals surface area contributed by atoms with E-state index in [1.807, 2.05) is 13.1 Å². The molecule has 8 heteroatoms. The van der Waals surface area contributed by atoms with Crippen molar-refractivity contribution in [2.45, 2.75) is 25.9 Å². The van der Waals surface area contributed by atoms with Gasteiger partial charge in [-0.15, -0.1) is 0 Å². The molecule has 0 radical (unpaired) electrons. The van der Waals surface area contributed by atoms with E-state index in [4.69, 9.17) is 14.2 Å². The molecule has 2 aliphatic rings. The third kappa shape index (κ3) is 7.55. The van der Waals surface area contributed by atoms with E-state index in [1.165, 1.54) is 5.56 Å². The summed E-state index contributed by atoms with van der Waals surface area (Å²) < 4.78 is 16.2. The molecular weight excluding hydrogens is 394 g/mol. The highest BCUT2D eigenvalue weighted by atomic mass is 16.5. The molecule has 3 rings (SSSR count). The van der Waals surface area contributed by atoms with Crippen molar-refractivity contribution in [3.8, 4) is 11.5 Å². The highest BCUT2D eigenvalue weighted by molar-refractivity contribution is 5.80. The third-order valence-electron chi connectivity index (χ3n) is 5.95. The number of hydrogen-bond donors (Lipinski definition) is 2. The van der Waals surface area contributed by atoms with Gasteiger partial charge in [0, 0.05) is 65.0 Å². The second kappa shape index (κ2) is 12.1. The monoisotopic (exact) mass is 433 g/mol. The first-order valence-corrected chi connectivity index (χ1v) is 11.3. The maximum atomic E-state index is 5.44. The summed E-state index contributed by atoms with van der Waals surface area (Å²) in [6, 6.07) is 6.47. The number of aliphatic imine (C=N–C) groups is 1. The van der Waals surface area contributed by atoms with Crippen molar-refractivity contribution in [3.63, 3.8) is 0 Å². The van der Waals surface area contributed by atoms with E-state index in [-0.39, 0.29) is 0 Å². The predicted molar refractivity (Wildman–Crippen MR) is 124 cm³/mol. The molecule has 2 unspecified atom stereocenters. The quantitative estimate of drug-likeness (QED) is 0.451. The molecule has 0 saturated carbocycles. The van der Waals surface area contributed by atoms with E-state index >= 15 is 0 Å². The molecule has 2 N–H and O–H groups in total. The molecule has 2 saturated heterocycles. The molecule has 174 valence electrons. The van der Waals surface area contributed by atoms with Crippen LogP contribution in [0.2, 0.25) is 0 Å². The van der Waals surface area contributed by atoms with Crippen molar-refractivity contribution in [1.29, 1.82) is 0 Å². The van der Waals surface area contributed by atoms with Gasteiger partial charge in [0.05, 0.1) is 27.4 Å². The smallest absolute Gasteiger partial charge is 0.191 e. The predicted octanol–water partition coefficient (Wildman–Crippen LogP) is 1.41. The van der Waals surface area contributed by atoms with Crippen molar-refractivity contribution in [2.75, 3.05) is 73.7 Å². The van der Waals surface area contributed by atoms with Crippen molar-refractivity contribution < 1.29 is 14.2 Å². The summed E-state index contributed by atoms with van der Waals surface area (Å²) in [5.74, 6) is 3.11. The maximum Gasteiger partial charge on any atom is 0.191 e. The average Bonchev–Trinajstić information content (AvgIpc) is 3.23. The highest BCUT2D eigenvalue weighted by Gasteiger charge is 2.24. The van der Waals surface area contributed by atoms with Crippen LogP contribution in [0.15, 0.2) is 23.2 Å². The second-order valence-corrected chi connectivity index (χ2v) is 8.56. The first-order chi connectivity index (χ1) is 15.1. The molecule has 0 aromatic heterocycles. The normalized spacial score (nSPS) is 21.7. The van der Waals surface area contributed by atoms with E-state index in [1.54, 1.807) is 14.2 Å². The van der Waals surface area contributed by atoms with E-state index in [0.29, 0.717) is 12.0 Å². The van der Waals surface area contributed by atoms with E-state index in [0.717, 1.165) is 82.9 Å². The van der Waals surface area contributed by atoms with Gasteiger partial charge in [-0.05, 0) is 30.0 Å². The Morgan fingerprint density at radius 1 is 1.13 bits per heavy atom. The number of likely N-dealkylation sites (tertiary alicyclic amines) is 1. The zero-order valence-corrected chi connectivity index (χ0v) is 19.5.